The van der Waals surface area contributed by atoms with Gasteiger partial charge in [-0.3, -0.25) is 0 Å². The first-order chi connectivity index (χ1) is 4.63. The van der Waals surface area contributed by atoms with Crippen LogP contribution in [0.2, 0.25) is 0 Å². The van der Waals surface area contributed by atoms with Crippen molar-refractivity contribution in [2.24, 2.45) is 0 Å². The quantitative estimate of drug-likeness (QED) is 0.422. The molecule has 1 fully saturated rings. The highest BCUT2D eigenvalue weighted by molar-refractivity contribution is 4.85. The van der Waals surface area contributed by atoms with Crippen molar-refractivity contribution in [2.45, 2.75) is 31.3 Å². The van der Waals surface area contributed by atoms with Crippen LogP contribution in [0.1, 0.15) is 6.92 Å². The van der Waals surface area contributed by atoms with Crippen LogP contribution in [0.5, 0.6) is 0 Å². The second-order valence-corrected chi connectivity index (χ2v) is 2.60. The monoisotopic (exact) mass is 148 g/mol. The Morgan fingerprint density at radius 2 is 2.10 bits per heavy atom. The average molecular weight is 148 g/mol. The Bertz CT molecular complexity index is 114. The Labute approximate surface area is 59.1 Å². The summed E-state index contributed by atoms with van der Waals surface area (Å²) in [6.07, 6.45) is -3.15. The zero-order chi connectivity index (χ0) is 7.72. The van der Waals surface area contributed by atoms with Crippen molar-refractivity contribution in [3.05, 3.63) is 0 Å². The van der Waals surface area contributed by atoms with Crippen LogP contribution in [0.25, 0.3) is 0 Å². The van der Waals surface area contributed by atoms with E-state index >= 15 is 0 Å². The smallest absolute Gasteiger partial charge is 0.112 e. The molecule has 3 N–H and O–H groups in total. The van der Waals surface area contributed by atoms with Gasteiger partial charge in [0, 0.05) is 0 Å². The van der Waals surface area contributed by atoms with Gasteiger partial charge in [0.1, 0.15) is 18.3 Å². The van der Waals surface area contributed by atoms with Gasteiger partial charge in [-0.2, -0.15) is 0 Å². The number of ether oxygens (including phenoxy) is 1. The van der Waals surface area contributed by atoms with Crippen LogP contribution in [0, 0.1) is 0 Å². The molecule has 0 bridgehead atoms. The molecule has 0 amide bonds. The van der Waals surface area contributed by atoms with E-state index < -0.39 is 24.4 Å². The maximum Gasteiger partial charge on any atom is 0.112 e. The molecule has 0 aromatic heterocycles. The van der Waals surface area contributed by atoms with E-state index in [1.807, 2.05) is 0 Å². The molecule has 0 aromatic carbocycles. The molecule has 4 heteroatoms. The highest BCUT2D eigenvalue weighted by Gasteiger charge is 2.37. The van der Waals surface area contributed by atoms with Crippen molar-refractivity contribution in [2.75, 3.05) is 6.61 Å². The van der Waals surface area contributed by atoms with E-state index in [-0.39, 0.29) is 6.61 Å². The SMILES string of the molecule is CC(O)[C@H]1OC[C@H](O)[C@H]1O. The minimum Gasteiger partial charge on any atom is -0.391 e. The maximum atomic E-state index is 9.09. The highest BCUT2D eigenvalue weighted by Crippen LogP contribution is 2.16. The Morgan fingerprint density at radius 3 is 2.30 bits per heavy atom. The van der Waals surface area contributed by atoms with Crippen LogP contribution < -0.4 is 0 Å². The fraction of sp³-hybridized carbons (Fsp3) is 1.00. The van der Waals surface area contributed by atoms with Crippen molar-refractivity contribution in [1.82, 2.24) is 0 Å². The first kappa shape index (κ1) is 7.94. The van der Waals surface area contributed by atoms with Gasteiger partial charge in [-0.1, -0.05) is 0 Å². The largest absolute Gasteiger partial charge is 0.391 e. The fourth-order valence-electron chi connectivity index (χ4n) is 1.05. The summed E-state index contributed by atoms with van der Waals surface area (Å²) in [4.78, 5) is 0. The lowest BCUT2D eigenvalue weighted by molar-refractivity contribution is -0.0429. The summed E-state index contributed by atoms with van der Waals surface area (Å²) in [6.45, 7) is 1.63. The summed E-state index contributed by atoms with van der Waals surface area (Å²) in [6, 6.07) is 0. The first-order valence-corrected chi connectivity index (χ1v) is 3.28. The van der Waals surface area contributed by atoms with Gasteiger partial charge in [-0.25, -0.2) is 0 Å². The second kappa shape index (κ2) is 2.84. The van der Waals surface area contributed by atoms with Crippen molar-refractivity contribution in [1.29, 1.82) is 0 Å². The number of hydrogen-bond donors (Lipinski definition) is 3. The lowest BCUT2D eigenvalue weighted by Crippen LogP contribution is -2.36. The predicted molar refractivity (Wildman–Crippen MR) is 33.4 cm³/mol. The minimum absolute atomic E-state index is 0.108. The second-order valence-electron chi connectivity index (χ2n) is 2.60. The first-order valence-electron chi connectivity index (χ1n) is 3.28. The molecule has 4 atom stereocenters. The molecule has 0 aromatic rings. The third kappa shape index (κ3) is 1.29. The molecular formula is C6H12O4. The highest BCUT2D eigenvalue weighted by atomic mass is 16.5. The molecule has 0 spiro atoms. The summed E-state index contributed by atoms with van der Waals surface area (Å²) in [5.41, 5.74) is 0. The van der Waals surface area contributed by atoms with E-state index in [0.29, 0.717) is 0 Å². The van der Waals surface area contributed by atoms with E-state index in [2.05, 4.69) is 0 Å². The third-order valence-corrected chi connectivity index (χ3v) is 1.67. The molecular weight excluding hydrogens is 136 g/mol. The number of rotatable bonds is 1. The van der Waals surface area contributed by atoms with Gasteiger partial charge >= 0.3 is 0 Å². The molecule has 4 nitrogen and oxygen atoms in total. The summed E-state index contributed by atoms with van der Waals surface area (Å²) in [7, 11) is 0. The summed E-state index contributed by atoms with van der Waals surface area (Å²) in [5, 5.41) is 27.0. The Balaban J connectivity index is 2.49. The molecule has 1 aliphatic rings. The summed E-state index contributed by atoms with van der Waals surface area (Å²) < 4.78 is 4.89. The molecule has 0 radical (unpaired) electrons. The van der Waals surface area contributed by atoms with Crippen LogP contribution in [-0.2, 0) is 4.74 Å². The fourth-order valence-corrected chi connectivity index (χ4v) is 1.05. The zero-order valence-electron chi connectivity index (χ0n) is 5.77. The number of hydrogen-bond acceptors (Lipinski definition) is 4. The van der Waals surface area contributed by atoms with Crippen molar-refractivity contribution in [3.63, 3.8) is 0 Å². The Hall–Kier alpha value is -0.160. The summed E-state index contributed by atoms with van der Waals surface area (Å²) >= 11 is 0. The normalized spacial score (nSPS) is 43.8. The predicted octanol–water partition coefficient (Wildman–Crippen LogP) is -1.51. The van der Waals surface area contributed by atoms with Gasteiger partial charge < -0.3 is 20.1 Å². The van der Waals surface area contributed by atoms with Crippen LogP contribution in [-0.4, -0.2) is 46.3 Å². The Kier molecular flexibility index (Phi) is 2.25. The Morgan fingerprint density at radius 1 is 1.50 bits per heavy atom. The third-order valence-electron chi connectivity index (χ3n) is 1.67. The van der Waals surface area contributed by atoms with Crippen LogP contribution in [0.4, 0.5) is 0 Å². The maximum absolute atomic E-state index is 9.09. The van der Waals surface area contributed by atoms with Gasteiger partial charge in [0.05, 0.1) is 12.7 Å². The molecule has 1 aliphatic heterocycles. The standard InChI is InChI=1S/C6H12O4/c1-3(7)6-5(9)4(8)2-10-6/h3-9H,2H2,1H3/t3?,4-,5+,6+/m0/s1. The van der Waals surface area contributed by atoms with E-state index in [1.54, 1.807) is 0 Å². The minimum atomic E-state index is -0.944. The van der Waals surface area contributed by atoms with Crippen molar-refractivity contribution >= 4 is 0 Å². The van der Waals surface area contributed by atoms with Gasteiger partial charge in [-0.05, 0) is 6.92 Å². The van der Waals surface area contributed by atoms with Crippen LogP contribution in [0.15, 0.2) is 0 Å². The lowest BCUT2D eigenvalue weighted by Gasteiger charge is -2.16. The molecule has 10 heavy (non-hydrogen) atoms. The zero-order valence-corrected chi connectivity index (χ0v) is 5.77. The van der Waals surface area contributed by atoms with Crippen LogP contribution >= 0.6 is 0 Å². The van der Waals surface area contributed by atoms with E-state index in [9.17, 15) is 0 Å². The van der Waals surface area contributed by atoms with Crippen molar-refractivity contribution in [3.8, 4) is 0 Å². The van der Waals surface area contributed by atoms with Gasteiger partial charge in [0.2, 0.25) is 0 Å². The molecule has 0 saturated carbocycles. The summed E-state index contributed by atoms with van der Waals surface area (Å²) in [5.74, 6) is 0. The van der Waals surface area contributed by atoms with Gasteiger partial charge in [0.15, 0.2) is 0 Å². The number of aliphatic hydroxyl groups excluding tert-OH is 3. The molecule has 60 valence electrons. The average Bonchev–Trinajstić information content (AvgIpc) is 2.14. The van der Waals surface area contributed by atoms with E-state index in [0.717, 1.165) is 0 Å². The lowest BCUT2D eigenvalue weighted by atomic mass is 10.1. The van der Waals surface area contributed by atoms with E-state index in [4.69, 9.17) is 20.1 Å². The van der Waals surface area contributed by atoms with E-state index in [1.165, 1.54) is 6.92 Å². The van der Waals surface area contributed by atoms with Gasteiger partial charge in [0.25, 0.3) is 0 Å². The topological polar surface area (TPSA) is 69.9 Å². The molecule has 1 rings (SSSR count). The number of aliphatic hydroxyl groups is 3. The van der Waals surface area contributed by atoms with Crippen molar-refractivity contribution < 1.29 is 20.1 Å². The molecule has 0 aliphatic carbocycles. The molecule has 1 saturated heterocycles. The van der Waals surface area contributed by atoms with Gasteiger partial charge in [-0.15, -0.1) is 0 Å². The van der Waals surface area contributed by atoms with Crippen LogP contribution in [0.3, 0.4) is 0 Å². The molecule has 1 heterocycles. The molecule has 1 unspecified atom stereocenters.